The number of fused-ring (bicyclic) bond motifs is 5. The number of benzene rings is 6. The van der Waals surface area contributed by atoms with Crippen LogP contribution in [0.2, 0.25) is 0 Å². The molecule has 0 saturated heterocycles. The maximum Gasteiger partial charge on any atom is 0.0703 e. The van der Waals surface area contributed by atoms with Gasteiger partial charge in [-0.25, -0.2) is 0 Å². The van der Waals surface area contributed by atoms with Crippen molar-refractivity contribution in [2.24, 2.45) is 0 Å². The van der Waals surface area contributed by atoms with E-state index in [1.807, 2.05) is 25.4 Å². The monoisotopic (exact) mass is 613 g/mol. The van der Waals surface area contributed by atoms with E-state index in [0.29, 0.717) is 0 Å². The normalized spacial score (nSPS) is 11.4. The largest absolute Gasteiger partial charge is 0.309 e. The molecule has 226 valence electrons. The molecule has 0 N–H and O–H groups in total. The first-order chi connectivity index (χ1) is 23.7. The molecule has 0 radical (unpaired) electrons. The molecule has 48 heavy (non-hydrogen) atoms. The average Bonchev–Trinajstić information content (AvgIpc) is 3.50. The predicted molar refractivity (Wildman–Crippen MR) is 200 cm³/mol. The SMILES string of the molecule is Cc1ncccc1-c1ccc(-c2ccc3c4ccc5cc(-c6cccc(-c7ccccc7)c6)ccc5c4n(-c4ccccc4)c3c2)nc1. The number of pyridine rings is 2. The Morgan fingerprint density at radius 1 is 0.458 bits per heavy atom. The number of hydrogen-bond donors (Lipinski definition) is 0. The van der Waals surface area contributed by atoms with Crippen LogP contribution >= 0.6 is 0 Å². The van der Waals surface area contributed by atoms with Gasteiger partial charge in [0.1, 0.15) is 0 Å². The van der Waals surface area contributed by atoms with Gasteiger partial charge in [0, 0.05) is 56.6 Å². The number of aromatic nitrogens is 3. The molecule has 3 aromatic heterocycles. The number of aryl methyl sites for hydroxylation is 1. The molecule has 3 nitrogen and oxygen atoms in total. The van der Waals surface area contributed by atoms with E-state index in [-0.39, 0.29) is 0 Å². The Balaban J connectivity index is 1.20. The summed E-state index contributed by atoms with van der Waals surface area (Å²) in [6, 6.07) is 56.6. The van der Waals surface area contributed by atoms with Crippen molar-refractivity contribution in [3.8, 4) is 50.3 Å². The van der Waals surface area contributed by atoms with E-state index in [9.17, 15) is 0 Å². The molecule has 9 aromatic rings. The highest BCUT2D eigenvalue weighted by molar-refractivity contribution is 6.19. The van der Waals surface area contributed by atoms with E-state index < -0.39 is 0 Å². The van der Waals surface area contributed by atoms with Gasteiger partial charge >= 0.3 is 0 Å². The van der Waals surface area contributed by atoms with Crippen LogP contribution in [-0.2, 0) is 0 Å². The van der Waals surface area contributed by atoms with Gasteiger partial charge in [-0.2, -0.15) is 0 Å². The van der Waals surface area contributed by atoms with Crippen molar-refractivity contribution in [3.63, 3.8) is 0 Å². The molecular weight excluding hydrogens is 583 g/mol. The summed E-state index contributed by atoms with van der Waals surface area (Å²) >= 11 is 0. The zero-order valence-corrected chi connectivity index (χ0v) is 26.5. The van der Waals surface area contributed by atoms with E-state index in [0.717, 1.165) is 39.3 Å². The van der Waals surface area contributed by atoms with Crippen molar-refractivity contribution in [2.45, 2.75) is 6.92 Å². The second-order valence-electron chi connectivity index (χ2n) is 12.3. The van der Waals surface area contributed by atoms with Crippen LogP contribution in [0, 0.1) is 6.92 Å². The fourth-order valence-corrected chi connectivity index (χ4v) is 7.04. The summed E-state index contributed by atoms with van der Waals surface area (Å²) in [5.74, 6) is 0. The van der Waals surface area contributed by atoms with Gasteiger partial charge in [-0.1, -0.05) is 115 Å². The van der Waals surface area contributed by atoms with Crippen molar-refractivity contribution < 1.29 is 0 Å². The van der Waals surface area contributed by atoms with E-state index >= 15 is 0 Å². The Hall–Kier alpha value is -6.32. The highest BCUT2D eigenvalue weighted by Crippen LogP contribution is 2.39. The lowest BCUT2D eigenvalue weighted by molar-refractivity contribution is 1.18. The van der Waals surface area contributed by atoms with E-state index in [2.05, 4.69) is 161 Å². The highest BCUT2D eigenvalue weighted by Gasteiger charge is 2.17. The fourth-order valence-electron chi connectivity index (χ4n) is 7.04. The first-order valence-corrected chi connectivity index (χ1v) is 16.3. The van der Waals surface area contributed by atoms with Crippen molar-refractivity contribution >= 4 is 32.6 Å². The Kier molecular flexibility index (Phi) is 6.69. The standard InChI is InChI=1S/C45H31N3/c1-30-39(16-9-25-46-30)37-20-24-43(47-29-37)36-19-22-41-42-23-18-35-27-34(33-13-8-12-32(26-33)31-10-4-2-5-11-31)17-21-40(35)45(42)48(44(41)28-36)38-14-6-3-7-15-38/h2-29H,1H3. The summed E-state index contributed by atoms with van der Waals surface area (Å²) < 4.78 is 2.42. The third-order valence-electron chi connectivity index (χ3n) is 9.44. The highest BCUT2D eigenvalue weighted by atomic mass is 15.0. The lowest BCUT2D eigenvalue weighted by Gasteiger charge is -2.12. The molecular formula is C45H31N3. The fraction of sp³-hybridized carbons (Fsp3) is 0.0222. The van der Waals surface area contributed by atoms with Crippen molar-refractivity contribution in [3.05, 3.63) is 176 Å². The molecule has 0 atom stereocenters. The minimum atomic E-state index is 0.944. The van der Waals surface area contributed by atoms with E-state index in [4.69, 9.17) is 4.98 Å². The van der Waals surface area contributed by atoms with Crippen LogP contribution in [0.25, 0.3) is 82.9 Å². The van der Waals surface area contributed by atoms with Crippen LogP contribution in [0.5, 0.6) is 0 Å². The number of nitrogens with zero attached hydrogens (tertiary/aromatic N) is 3. The van der Waals surface area contributed by atoms with Gasteiger partial charge < -0.3 is 4.57 Å². The first kappa shape index (κ1) is 27.9. The molecule has 0 unspecified atom stereocenters. The Labute approximate surface area is 279 Å². The Morgan fingerprint density at radius 2 is 1.15 bits per heavy atom. The quantitative estimate of drug-likeness (QED) is 0.193. The summed E-state index contributed by atoms with van der Waals surface area (Å²) in [4.78, 5) is 9.36. The zero-order valence-electron chi connectivity index (χ0n) is 26.5. The van der Waals surface area contributed by atoms with Crippen LogP contribution in [0.15, 0.2) is 170 Å². The minimum Gasteiger partial charge on any atom is -0.309 e. The van der Waals surface area contributed by atoms with Gasteiger partial charge in [0.2, 0.25) is 0 Å². The van der Waals surface area contributed by atoms with Gasteiger partial charge in [-0.3, -0.25) is 9.97 Å². The molecule has 0 aliphatic carbocycles. The lowest BCUT2D eigenvalue weighted by atomic mass is 9.96. The third-order valence-corrected chi connectivity index (χ3v) is 9.44. The van der Waals surface area contributed by atoms with Crippen LogP contribution in [0.4, 0.5) is 0 Å². The summed E-state index contributed by atoms with van der Waals surface area (Å²) in [7, 11) is 0. The first-order valence-electron chi connectivity index (χ1n) is 16.3. The molecule has 0 aliphatic rings. The predicted octanol–water partition coefficient (Wildman–Crippen LogP) is 11.7. The topological polar surface area (TPSA) is 30.7 Å². The molecule has 3 heteroatoms. The van der Waals surface area contributed by atoms with Gasteiger partial charge in [-0.15, -0.1) is 0 Å². The van der Waals surface area contributed by atoms with Crippen molar-refractivity contribution in [2.75, 3.05) is 0 Å². The second-order valence-corrected chi connectivity index (χ2v) is 12.3. The zero-order chi connectivity index (χ0) is 32.0. The molecule has 0 saturated carbocycles. The molecule has 0 fully saturated rings. The smallest absolute Gasteiger partial charge is 0.0703 e. The average molecular weight is 614 g/mol. The minimum absolute atomic E-state index is 0.944. The molecule has 3 heterocycles. The van der Waals surface area contributed by atoms with E-state index in [1.165, 1.54) is 49.3 Å². The molecule has 0 spiro atoms. The van der Waals surface area contributed by atoms with Crippen LogP contribution < -0.4 is 0 Å². The number of hydrogen-bond acceptors (Lipinski definition) is 2. The number of rotatable bonds is 5. The van der Waals surface area contributed by atoms with Crippen molar-refractivity contribution in [1.82, 2.24) is 14.5 Å². The van der Waals surface area contributed by atoms with E-state index in [1.54, 1.807) is 0 Å². The van der Waals surface area contributed by atoms with Crippen LogP contribution in [-0.4, -0.2) is 14.5 Å². The van der Waals surface area contributed by atoms with Gasteiger partial charge in [0.15, 0.2) is 0 Å². The van der Waals surface area contributed by atoms with Gasteiger partial charge in [0.25, 0.3) is 0 Å². The summed E-state index contributed by atoms with van der Waals surface area (Å²) in [6.07, 6.45) is 3.78. The molecule has 9 rings (SSSR count). The maximum absolute atomic E-state index is 4.91. The number of para-hydroxylation sites is 1. The lowest BCUT2D eigenvalue weighted by Crippen LogP contribution is -1.95. The molecule has 0 aliphatic heterocycles. The second kappa shape index (κ2) is 11.5. The third kappa shape index (κ3) is 4.76. The Bertz CT molecular complexity index is 2600. The molecule has 0 amide bonds. The van der Waals surface area contributed by atoms with Crippen molar-refractivity contribution in [1.29, 1.82) is 0 Å². The summed E-state index contributed by atoms with van der Waals surface area (Å²) in [5.41, 5.74) is 13.6. The summed E-state index contributed by atoms with van der Waals surface area (Å²) in [6.45, 7) is 2.04. The van der Waals surface area contributed by atoms with Gasteiger partial charge in [-0.05, 0) is 77.0 Å². The summed E-state index contributed by atoms with van der Waals surface area (Å²) in [5, 5.41) is 4.91. The maximum atomic E-state index is 4.91. The Morgan fingerprint density at radius 3 is 1.94 bits per heavy atom. The molecule has 6 aromatic carbocycles. The van der Waals surface area contributed by atoms with Gasteiger partial charge in [0.05, 0.1) is 16.7 Å². The van der Waals surface area contributed by atoms with Crippen LogP contribution in [0.3, 0.4) is 0 Å². The van der Waals surface area contributed by atoms with Crippen LogP contribution in [0.1, 0.15) is 5.69 Å². The molecule has 0 bridgehead atoms.